The molecule has 0 saturated carbocycles. The van der Waals surface area contributed by atoms with Crippen LogP contribution in [0.2, 0.25) is 0 Å². The van der Waals surface area contributed by atoms with Crippen molar-refractivity contribution < 1.29 is 9.53 Å². The Balaban J connectivity index is 1.43. The van der Waals surface area contributed by atoms with Gasteiger partial charge in [-0.3, -0.25) is 4.90 Å². The predicted molar refractivity (Wildman–Crippen MR) is 107 cm³/mol. The van der Waals surface area contributed by atoms with Crippen LogP contribution in [0, 0.1) is 11.3 Å². The fourth-order valence-electron chi connectivity index (χ4n) is 4.29. The van der Waals surface area contributed by atoms with Crippen LogP contribution in [0.15, 0.2) is 66.2 Å². The van der Waals surface area contributed by atoms with Crippen molar-refractivity contribution in [3.63, 3.8) is 0 Å². The molecule has 2 aromatic carbocycles. The lowest BCUT2D eigenvalue weighted by atomic mass is 9.83. The molecule has 4 nitrogen and oxygen atoms in total. The van der Waals surface area contributed by atoms with Gasteiger partial charge in [-0.1, -0.05) is 54.1 Å². The van der Waals surface area contributed by atoms with E-state index in [1.54, 1.807) is 0 Å². The molecule has 2 atom stereocenters. The van der Waals surface area contributed by atoms with Crippen molar-refractivity contribution in [1.29, 1.82) is 5.26 Å². The van der Waals surface area contributed by atoms with E-state index in [0.29, 0.717) is 12.2 Å². The maximum Gasteiger partial charge on any atom is 0.410 e. The number of hydrogen-bond donors (Lipinski definition) is 0. The number of carbonyl (C=O) groups is 1. The van der Waals surface area contributed by atoms with Crippen molar-refractivity contribution in [2.45, 2.75) is 50.8 Å². The van der Waals surface area contributed by atoms with Crippen LogP contribution in [0.3, 0.4) is 0 Å². The number of piperidine rings is 1. The summed E-state index contributed by atoms with van der Waals surface area (Å²) in [6, 6.07) is 20.1. The third-order valence-corrected chi connectivity index (χ3v) is 5.64. The Kier molecular flexibility index (Phi) is 5.43. The molecule has 2 heterocycles. The van der Waals surface area contributed by atoms with E-state index in [0.717, 1.165) is 37.7 Å². The largest absolute Gasteiger partial charge is 0.445 e. The molecular formula is C24H24N2O2. The summed E-state index contributed by atoms with van der Waals surface area (Å²) >= 11 is 0. The Morgan fingerprint density at radius 1 is 1.07 bits per heavy atom. The first-order valence-corrected chi connectivity index (χ1v) is 9.90. The molecule has 2 aliphatic heterocycles. The molecule has 4 rings (SSSR count). The number of fused-ring (bicyclic) bond motifs is 2. The van der Waals surface area contributed by atoms with Crippen LogP contribution in [0.25, 0.3) is 0 Å². The number of rotatable bonds is 4. The van der Waals surface area contributed by atoms with Gasteiger partial charge in [-0.15, -0.1) is 0 Å². The summed E-state index contributed by atoms with van der Waals surface area (Å²) in [4.78, 5) is 14.7. The van der Waals surface area contributed by atoms with Gasteiger partial charge in [0.15, 0.2) is 0 Å². The summed E-state index contributed by atoms with van der Waals surface area (Å²) < 4.78 is 5.61. The average Bonchev–Trinajstić information content (AvgIpc) is 2.73. The van der Waals surface area contributed by atoms with E-state index >= 15 is 0 Å². The highest BCUT2D eigenvalue weighted by molar-refractivity contribution is 5.69. The second kappa shape index (κ2) is 8.31. The summed E-state index contributed by atoms with van der Waals surface area (Å²) in [5.41, 5.74) is 4.29. The maximum absolute atomic E-state index is 12.8. The van der Waals surface area contributed by atoms with Gasteiger partial charge in [0.25, 0.3) is 0 Å². The SMILES string of the molecule is N#Cc1ccc(CC2=CC3CCCC(C2)N3C(=O)OCc2ccccc2)cc1. The van der Waals surface area contributed by atoms with Crippen molar-refractivity contribution in [3.8, 4) is 6.07 Å². The van der Waals surface area contributed by atoms with Crippen LogP contribution >= 0.6 is 0 Å². The van der Waals surface area contributed by atoms with Crippen LogP contribution in [-0.4, -0.2) is 23.1 Å². The normalized spacial score (nSPS) is 20.8. The lowest BCUT2D eigenvalue weighted by Crippen LogP contribution is -2.52. The summed E-state index contributed by atoms with van der Waals surface area (Å²) in [5, 5.41) is 8.95. The minimum Gasteiger partial charge on any atom is -0.445 e. The average molecular weight is 372 g/mol. The molecule has 0 radical (unpaired) electrons. The number of nitrogens with zero attached hydrogens (tertiary/aromatic N) is 2. The van der Waals surface area contributed by atoms with Crippen LogP contribution in [0.1, 0.15) is 42.4 Å². The van der Waals surface area contributed by atoms with Crippen LogP contribution < -0.4 is 0 Å². The van der Waals surface area contributed by atoms with E-state index in [1.165, 1.54) is 11.1 Å². The maximum atomic E-state index is 12.8. The lowest BCUT2D eigenvalue weighted by molar-refractivity contribution is 0.0481. The van der Waals surface area contributed by atoms with Crippen molar-refractivity contribution in [3.05, 3.63) is 82.9 Å². The first-order valence-electron chi connectivity index (χ1n) is 9.90. The van der Waals surface area contributed by atoms with Gasteiger partial charge < -0.3 is 4.74 Å². The van der Waals surface area contributed by atoms with E-state index in [-0.39, 0.29) is 18.2 Å². The highest BCUT2D eigenvalue weighted by atomic mass is 16.6. The minimum atomic E-state index is -0.202. The predicted octanol–water partition coefficient (Wildman–Crippen LogP) is 4.99. The highest BCUT2D eigenvalue weighted by Crippen LogP contribution is 2.35. The van der Waals surface area contributed by atoms with Gasteiger partial charge in [0.1, 0.15) is 6.61 Å². The van der Waals surface area contributed by atoms with Crippen molar-refractivity contribution in [1.82, 2.24) is 4.90 Å². The molecule has 2 aliphatic rings. The van der Waals surface area contributed by atoms with Gasteiger partial charge in [-0.2, -0.15) is 5.26 Å². The third kappa shape index (κ3) is 4.09. The number of amides is 1. The molecule has 1 saturated heterocycles. The molecule has 1 fully saturated rings. The zero-order valence-electron chi connectivity index (χ0n) is 15.9. The van der Waals surface area contributed by atoms with Gasteiger partial charge in [0, 0.05) is 6.04 Å². The Morgan fingerprint density at radius 3 is 2.57 bits per heavy atom. The Hall–Kier alpha value is -3.06. The van der Waals surface area contributed by atoms with E-state index in [4.69, 9.17) is 10.00 Å². The fraction of sp³-hybridized carbons (Fsp3) is 0.333. The highest BCUT2D eigenvalue weighted by Gasteiger charge is 2.37. The van der Waals surface area contributed by atoms with Crippen molar-refractivity contribution >= 4 is 6.09 Å². The topological polar surface area (TPSA) is 53.3 Å². The molecule has 2 aromatic rings. The third-order valence-electron chi connectivity index (χ3n) is 5.64. The summed E-state index contributed by atoms with van der Waals surface area (Å²) in [6.07, 6.45) is 7.01. The van der Waals surface area contributed by atoms with Crippen LogP contribution in [0.4, 0.5) is 4.79 Å². The van der Waals surface area contributed by atoms with Crippen LogP contribution in [-0.2, 0) is 17.8 Å². The molecule has 28 heavy (non-hydrogen) atoms. The summed E-state index contributed by atoms with van der Waals surface area (Å²) in [6.45, 7) is 0.317. The van der Waals surface area contributed by atoms with Gasteiger partial charge in [-0.05, 0) is 55.4 Å². The van der Waals surface area contributed by atoms with Gasteiger partial charge in [0.2, 0.25) is 0 Å². The molecule has 0 N–H and O–H groups in total. The monoisotopic (exact) mass is 372 g/mol. The van der Waals surface area contributed by atoms with Crippen LogP contribution in [0.5, 0.6) is 0 Å². The summed E-state index contributed by atoms with van der Waals surface area (Å²) in [5.74, 6) is 0. The molecule has 4 heteroatoms. The molecule has 2 bridgehead atoms. The first-order chi connectivity index (χ1) is 13.7. The lowest BCUT2D eigenvalue weighted by Gasteiger charge is -2.44. The smallest absolute Gasteiger partial charge is 0.410 e. The summed E-state index contributed by atoms with van der Waals surface area (Å²) in [7, 11) is 0. The van der Waals surface area contributed by atoms with Gasteiger partial charge in [0.05, 0.1) is 17.7 Å². The van der Waals surface area contributed by atoms with E-state index in [1.807, 2.05) is 59.5 Å². The fourth-order valence-corrected chi connectivity index (χ4v) is 4.29. The van der Waals surface area contributed by atoms with Gasteiger partial charge >= 0.3 is 6.09 Å². The Morgan fingerprint density at radius 2 is 1.86 bits per heavy atom. The molecule has 2 unspecified atom stereocenters. The van der Waals surface area contributed by atoms with Crippen molar-refractivity contribution in [2.24, 2.45) is 0 Å². The quantitative estimate of drug-likeness (QED) is 0.711. The minimum absolute atomic E-state index is 0.129. The molecule has 0 spiro atoms. The van der Waals surface area contributed by atoms with E-state index in [9.17, 15) is 4.79 Å². The number of benzene rings is 2. The molecule has 1 amide bonds. The second-order valence-electron chi connectivity index (χ2n) is 7.61. The Labute approximate surface area is 166 Å². The first kappa shape index (κ1) is 18.3. The number of hydrogen-bond acceptors (Lipinski definition) is 3. The zero-order chi connectivity index (χ0) is 19.3. The second-order valence-corrected chi connectivity index (χ2v) is 7.61. The van der Waals surface area contributed by atoms with Crippen molar-refractivity contribution in [2.75, 3.05) is 0 Å². The molecule has 0 aromatic heterocycles. The number of carbonyl (C=O) groups excluding carboxylic acids is 1. The Bertz CT molecular complexity index is 896. The standard InChI is InChI=1S/C24H24N2O2/c25-16-19-11-9-18(10-12-19)13-21-14-22-7-4-8-23(15-21)26(22)24(27)28-17-20-5-2-1-3-6-20/h1-3,5-6,9-12,14,22-23H,4,7-8,13,15,17H2. The number of nitriles is 1. The number of ether oxygens (including phenoxy) is 1. The van der Waals surface area contributed by atoms with Gasteiger partial charge in [-0.25, -0.2) is 4.79 Å². The molecule has 0 aliphatic carbocycles. The van der Waals surface area contributed by atoms with E-state index < -0.39 is 0 Å². The zero-order valence-corrected chi connectivity index (χ0v) is 15.9. The van der Waals surface area contributed by atoms with E-state index in [2.05, 4.69) is 12.1 Å². The molecular weight excluding hydrogens is 348 g/mol. The molecule has 142 valence electrons.